The molecule has 1 aliphatic heterocycles. The van der Waals surface area contributed by atoms with Gasteiger partial charge in [-0.2, -0.15) is 0 Å². The van der Waals surface area contributed by atoms with Crippen molar-refractivity contribution in [3.05, 3.63) is 35.9 Å². The molecule has 0 radical (unpaired) electrons. The monoisotopic (exact) mass is 305 g/mol. The van der Waals surface area contributed by atoms with Gasteiger partial charge in [-0.15, -0.1) is 0 Å². The number of nitrogens with zero attached hydrogens (tertiary/aromatic N) is 1. The number of hydrogen-bond acceptors (Lipinski definition) is 5. The third kappa shape index (κ3) is 5.50. The molecule has 1 heterocycles. The fraction of sp³-hybridized carbons (Fsp3) is 0.471. The Morgan fingerprint density at radius 1 is 1.32 bits per heavy atom. The van der Waals surface area contributed by atoms with Crippen LogP contribution in [0.15, 0.2) is 30.3 Å². The van der Waals surface area contributed by atoms with E-state index in [1.165, 1.54) is 6.08 Å². The number of morpholine rings is 1. The lowest BCUT2D eigenvalue weighted by Crippen LogP contribution is -2.41. The Labute approximate surface area is 131 Å². The van der Waals surface area contributed by atoms with Crippen LogP contribution >= 0.6 is 0 Å². The molecule has 120 valence electrons. The van der Waals surface area contributed by atoms with Crippen LogP contribution in [0, 0.1) is 0 Å². The summed E-state index contributed by atoms with van der Waals surface area (Å²) in [5.41, 5.74) is 0.929. The Kier molecular flexibility index (Phi) is 6.43. The molecule has 0 amide bonds. The third-order valence-corrected chi connectivity index (χ3v) is 3.46. The second kappa shape index (κ2) is 8.56. The molecular formula is C17H23NO4. The molecule has 0 unspecified atom stereocenters. The number of rotatable bonds is 6. The molecule has 1 aliphatic rings. The standard InChI is InChI=1S/C17H23NO4/c1-14(13-18-9-11-21-12-10-18)22-17(19)8-5-15-3-6-16(20-2)7-4-15/h3-8,14H,9-13H2,1-2H3/b8-5+/t14-/m1/s1. The molecule has 5 heteroatoms. The first-order chi connectivity index (χ1) is 10.7. The minimum Gasteiger partial charge on any atom is -0.497 e. The van der Waals surface area contributed by atoms with Crippen LogP contribution in [0.4, 0.5) is 0 Å². The molecule has 0 aromatic heterocycles. The summed E-state index contributed by atoms with van der Waals surface area (Å²) < 4.78 is 15.8. The Morgan fingerprint density at radius 3 is 2.64 bits per heavy atom. The van der Waals surface area contributed by atoms with E-state index in [0.717, 1.165) is 44.2 Å². The molecule has 1 atom stereocenters. The fourth-order valence-electron chi connectivity index (χ4n) is 2.30. The van der Waals surface area contributed by atoms with Crippen molar-refractivity contribution in [2.24, 2.45) is 0 Å². The number of esters is 1. The molecule has 1 aromatic rings. The first-order valence-corrected chi connectivity index (χ1v) is 7.50. The van der Waals surface area contributed by atoms with Gasteiger partial charge in [0.15, 0.2) is 0 Å². The van der Waals surface area contributed by atoms with Crippen molar-refractivity contribution < 1.29 is 19.0 Å². The zero-order chi connectivity index (χ0) is 15.8. The molecule has 5 nitrogen and oxygen atoms in total. The van der Waals surface area contributed by atoms with Crippen molar-refractivity contribution in [3.63, 3.8) is 0 Å². The highest BCUT2D eigenvalue weighted by Crippen LogP contribution is 2.12. The topological polar surface area (TPSA) is 48.0 Å². The van der Waals surface area contributed by atoms with Gasteiger partial charge in [0, 0.05) is 25.7 Å². The maximum absolute atomic E-state index is 11.8. The lowest BCUT2D eigenvalue weighted by molar-refractivity contribution is -0.143. The van der Waals surface area contributed by atoms with Crippen LogP contribution in [-0.2, 0) is 14.3 Å². The minimum absolute atomic E-state index is 0.133. The summed E-state index contributed by atoms with van der Waals surface area (Å²) in [4.78, 5) is 14.1. The molecule has 22 heavy (non-hydrogen) atoms. The largest absolute Gasteiger partial charge is 0.497 e. The molecule has 1 fully saturated rings. The van der Waals surface area contributed by atoms with Gasteiger partial charge in [-0.25, -0.2) is 4.79 Å². The van der Waals surface area contributed by atoms with Gasteiger partial charge in [0.2, 0.25) is 0 Å². The highest BCUT2D eigenvalue weighted by atomic mass is 16.5. The van der Waals surface area contributed by atoms with E-state index >= 15 is 0 Å². The van der Waals surface area contributed by atoms with Crippen molar-refractivity contribution in [2.45, 2.75) is 13.0 Å². The van der Waals surface area contributed by atoms with Crippen molar-refractivity contribution in [1.82, 2.24) is 4.90 Å². The van der Waals surface area contributed by atoms with E-state index in [0.29, 0.717) is 0 Å². The maximum Gasteiger partial charge on any atom is 0.331 e. The predicted octanol–water partition coefficient (Wildman–Crippen LogP) is 1.97. The van der Waals surface area contributed by atoms with Crippen LogP contribution in [0.2, 0.25) is 0 Å². The van der Waals surface area contributed by atoms with E-state index in [1.807, 2.05) is 31.2 Å². The van der Waals surface area contributed by atoms with Crippen LogP contribution in [0.25, 0.3) is 6.08 Å². The number of ether oxygens (including phenoxy) is 3. The van der Waals surface area contributed by atoms with E-state index in [4.69, 9.17) is 14.2 Å². The highest BCUT2D eigenvalue weighted by Gasteiger charge is 2.15. The van der Waals surface area contributed by atoms with Crippen LogP contribution in [0.3, 0.4) is 0 Å². The third-order valence-electron chi connectivity index (χ3n) is 3.46. The summed E-state index contributed by atoms with van der Waals surface area (Å²) in [6.07, 6.45) is 3.06. The van der Waals surface area contributed by atoms with E-state index in [9.17, 15) is 4.79 Å². The van der Waals surface area contributed by atoms with Gasteiger partial charge in [-0.1, -0.05) is 12.1 Å². The van der Waals surface area contributed by atoms with Gasteiger partial charge in [-0.3, -0.25) is 4.90 Å². The molecular weight excluding hydrogens is 282 g/mol. The van der Waals surface area contributed by atoms with Crippen LogP contribution < -0.4 is 4.74 Å². The Hall–Kier alpha value is -1.85. The van der Waals surface area contributed by atoms with E-state index < -0.39 is 0 Å². The second-order valence-corrected chi connectivity index (χ2v) is 5.27. The first-order valence-electron chi connectivity index (χ1n) is 7.50. The van der Waals surface area contributed by atoms with Gasteiger partial charge in [0.05, 0.1) is 20.3 Å². The average Bonchev–Trinajstić information content (AvgIpc) is 2.54. The van der Waals surface area contributed by atoms with Crippen molar-refractivity contribution >= 4 is 12.0 Å². The van der Waals surface area contributed by atoms with Crippen molar-refractivity contribution in [2.75, 3.05) is 40.0 Å². The van der Waals surface area contributed by atoms with Crippen LogP contribution in [0.5, 0.6) is 5.75 Å². The van der Waals surface area contributed by atoms with Crippen LogP contribution in [0.1, 0.15) is 12.5 Å². The van der Waals surface area contributed by atoms with E-state index in [1.54, 1.807) is 13.2 Å². The number of hydrogen-bond donors (Lipinski definition) is 0. The second-order valence-electron chi connectivity index (χ2n) is 5.27. The highest BCUT2D eigenvalue weighted by molar-refractivity contribution is 5.87. The Balaban J connectivity index is 1.76. The molecule has 2 rings (SSSR count). The summed E-state index contributed by atoms with van der Waals surface area (Å²) in [5.74, 6) is 0.468. The van der Waals surface area contributed by atoms with Gasteiger partial charge < -0.3 is 14.2 Å². The number of carbonyl (C=O) groups excluding carboxylic acids is 1. The number of benzene rings is 1. The van der Waals surface area contributed by atoms with Crippen LogP contribution in [-0.4, -0.2) is 56.9 Å². The lowest BCUT2D eigenvalue weighted by atomic mass is 10.2. The quantitative estimate of drug-likeness (QED) is 0.594. The summed E-state index contributed by atoms with van der Waals surface area (Å²) in [7, 11) is 1.62. The molecule has 0 spiro atoms. The summed E-state index contributed by atoms with van der Waals surface area (Å²) >= 11 is 0. The van der Waals surface area contributed by atoms with Gasteiger partial charge in [0.1, 0.15) is 11.9 Å². The molecule has 0 N–H and O–H groups in total. The van der Waals surface area contributed by atoms with E-state index in [2.05, 4.69) is 4.90 Å². The zero-order valence-corrected chi connectivity index (χ0v) is 13.2. The smallest absolute Gasteiger partial charge is 0.331 e. The summed E-state index contributed by atoms with van der Waals surface area (Å²) in [5, 5.41) is 0. The zero-order valence-electron chi connectivity index (χ0n) is 13.2. The molecule has 1 aromatic carbocycles. The average molecular weight is 305 g/mol. The number of methoxy groups -OCH3 is 1. The molecule has 0 saturated carbocycles. The van der Waals surface area contributed by atoms with Gasteiger partial charge in [0.25, 0.3) is 0 Å². The molecule has 1 saturated heterocycles. The van der Waals surface area contributed by atoms with Gasteiger partial charge in [-0.05, 0) is 30.7 Å². The maximum atomic E-state index is 11.8. The fourth-order valence-corrected chi connectivity index (χ4v) is 2.30. The molecule has 0 bridgehead atoms. The van der Waals surface area contributed by atoms with E-state index in [-0.39, 0.29) is 12.1 Å². The van der Waals surface area contributed by atoms with Crippen molar-refractivity contribution in [1.29, 1.82) is 0 Å². The Bertz CT molecular complexity index is 492. The normalized spacial score (nSPS) is 17.4. The number of carbonyl (C=O) groups is 1. The lowest BCUT2D eigenvalue weighted by Gasteiger charge is -2.28. The SMILES string of the molecule is COc1ccc(/C=C/C(=O)O[C@H](C)CN2CCOCC2)cc1. The van der Waals surface area contributed by atoms with Gasteiger partial charge >= 0.3 is 5.97 Å². The first kappa shape index (κ1) is 16.5. The Morgan fingerprint density at radius 2 is 2.00 bits per heavy atom. The summed E-state index contributed by atoms with van der Waals surface area (Å²) in [6.45, 7) is 5.93. The molecule has 0 aliphatic carbocycles. The predicted molar refractivity (Wildman–Crippen MR) is 84.8 cm³/mol. The summed E-state index contributed by atoms with van der Waals surface area (Å²) in [6, 6.07) is 7.48. The minimum atomic E-state index is -0.323. The van der Waals surface area contributed by atoms with Crippen molar-refractivity contribution in [3.8, 4) is 5.75 Å².